The first-order chi connectivity index (χ1) is 7.20. The lowest BCUT2D eigenvalue weighted by Gasteiger charge is -2.16. The van der Waals surface area contributed by atoms with Crippen molar-refractivity contribution in [1.29, 1.82) is 0 Å². The maximum atomic E-state index is 3.42. The maximum Gasteiger partial charge on any atom is 0.0454 e. The molecule has 0 radical (unpaired) electrons. The first-order valence-electron chi connectivity index (χ1n) is 5.35. The summed E-state index contributed by atoms with van der Waals surface area (Å²) in [6, 6.07) is 5.08. The summed E-state index contributed by atoms with van der Waals surface area (Å²) < 4.78 is 2.86. The van der Waals surface area contributed by atoms with Crippen LogP contribution in [-0.4, -0.2) is 7.05 Å². The second-order valence-corrected chi connectivity index (χ2v) is 6.33. The smallest absolute Gasteiger partial charge is 0.0454 e. The molecule has 0 saturated carbocycles. The summed E-state index contributed by atoms with van der Waals surface area (Å²) in [5, 5.41) is 5.58. The molecule has 1 N–H and O–H groups in total. The molecule has 0 spiro atoms. The van der Waals surface area contributed by atoms with E-state index in [1.165, 1.54) is 20.7 Å². The zero-order valence-corrected chi connectivity index (χ0v) is 11.0. The molecule has 0 aliphatic heterocycles. The highest BCUT2D eigenvalue weighted by molar-refractivity contribution is 7.26. The molecule has 0 aromatic carbocycles. The van der Waals surface area contributed by atoms with Crippen molar-refractivity contribution >= 4 is 32.1 Å². The third-order valence-electron chi connectivity index (χ3n) is 2.56. The molecule has 1 atom stereocenters. The molecular formula is C12H17NS2. The fraction of sp³-hybridized carbons (Fsp3) is 0.500. The summed E-state index contributed by atoms with van der Waals surface area (Å²) in [5.74, 6) is 0.739. The average molecular weight is 239 g/mol. The second kappa shape index (κ2) is 4.64. The van der Waals surface area contributed by atoms with Crippen molar-refractivity contribution in [2.45, 2.75) is 26.3 Å². The van der Waals surface area contributed by atoms with Crippen molar-refractivity contribution < 1.29 is 0 Å². The molecule has 2 aromatic rings. The molecule has 3 heteroatoms. The number of hydrogen-bond acceptors (Lipinski definition) is 3. The van der Waals surface area contributed by atoms with Crippen molar-refractivity contribution in [3.05, 3.63) is 22.4 Å². The Balaban J connectivity index is 2.24. The summed E-state index contributed by atoms with van der Waals surface area (Å²) in [6.45, 7) is 4.56. The van der Waals surface area contributed by atoms with Crippen LogP contribution in [0.25, 0.3) is 9.40 Å². The van der Waals surface area contributed by atoms with Crippen molar-refractivity contribution in [2.24, 2.45) is 5.92 Å². The Morgan fingerprint density at radius 1 is 1.33 bits per heavy atom. The SMILES string of the molecule is CNC(CC(C)C)c1cc2sccc2s1. The highest BCUT2D eigenvalue weighted by atomic mass is 32.1. The molecule has 15 heavy (non-hydrogen) atoms. The lowest BCUT2D eigenvalue weighted by atomic mass is 10.0. The fourth-order valence-corrected chi connectivity index (χ4v) is 4.05. The topological polar surface area (TPSA) is 12.0 Å². The van der Waals surface area contributed by atoms with Crippen LogP contribution < -0.4 is 5.32 Å². The highest BCUT2D eigenvalue weighted by Gasteiger charge is 2.14. The van der Waals surface area contributed by atoms with E-state index in [0.717, 1.165) is 5.92 Å². The Morgan fingerprint density at radius 3 is 2.73 bits per heavy atom. The van der Waals surface area contributed by atoms with Crippen LogP contribution in [-0.2, 0) is 0 Å². The first-order valence-corrected chi connectivity index (χ1v) is 7.04. The van der Waals surface area contributed by atoms with Crippen molar-refractivity contribution in [1.82, 2.24) is 5.32 Å². The largest absolute Gasteiger partial charge is 0.312 e. The lowest BCUT2D eigenvalue weighted by Crippen LogP contribution is -2.16. The molecule has 0 aliphatic rings. The van der Waals surface area contributed by atoms with Crippen LogP contribution in [0.2, 0.25) is 0 Å². The van der Waals surface area contributed by atoms with E-state index in [0.29, 0.717) is 6.04 Å². The van der Waals surface area contributed by atoms with Crippen LogP contribution in [0, 0.1) is 5.92 Å². The minimum Gasteiger partial charge on any atom is -0.312 e. The van der Waals surface area contributed by atoms with Gasteiger partial charge in [-0.25, -0.2) is 0 Å². The molecule has 0 aliphatic carbocycles. The normalized spacial score (nSPS) is 13.9. The minimum absolute atomic E-state index is 0.523. The molecule has 2 heterocycles. The number of nitrogens with one attached hydrogen (secondary N) is 1. The van der Waals surface area contributed by atoms with Gasteiger partial charge in [0.15, 0.2) is 0 Å². The summed E-state index contributed by atoms with van der Waals surface area (Å²) in [5.41, 5.74) is 0. The van der Waals surface area contributed by atoms with Crippen LogP contribution in [0.1, 0.15) is 31.2 Å². The van der Waals surface area contributed by atoms with Gasteiger partial charge in [-0.2, -0.15) is 0 Å². The van der Waals surface area contributed by atoms with Crippen molar-refractivity contribution in [2.75, 3.05) is 7.05 Å². The van der Waals surface area contributed by atoms with E-state index in [9.17, 15) is 0 Å². The van der Waals surface area contributed by atoms with E-state index < -0.39 is 0 Å². The molecule has 0 bridgehead atoms. The van der Waals surface area contributed by atoms with Crippen LogP contribution >= 0.6 is 22.7 Å². The summed E-state index contributed by atoms with van der Waals surface area (Å²) >= 11 is 3.76. The molecule has 2 rings (SSSR count). The lowest BCUT2D eigenvalue weighted by molar-refractivity contribution is 0.462. The van der Waals surface area contributed by atoms with Gasteiger partial charge in [0.05, 0.1) is 0 Å². The van der Waals surface area contributed by atoms with Gasteiger partial charge in [0.1, 0.15) is 0 Å². The van der Waals surface area contributed by atoms with Gasteiger partial charge in [0.2, 0.25) is 0 Å². The van der Waals surface area contributed by atoms with Gasteiger partial charge < -0.3 is 5.32 Å². The zero-order chi connectivity index (χ0) is 10.8. The van der Waals surface area contributed by atoms with Crippen LogP contribution in [0.4, 0.5) is 0 Å². The number of hydrogen-bond donors (Lipinski definition) is 1. The predicted molar refractivity (Wildman–Crippen MR) is 71.0 cm³/mol. The van der Waals surface area contributed by atoms with Crippen LogP contribution in [0.5, 0.6) is 0 Å². The van der Waals surface area contributed by atoms with E-state index in [2.05, 4.69) is 43.7 Å². The molecule has 1 unspecified atom stereocenters. The van der Waals surface area contributed by atoms with E-state index in [1.807, 2.05) is 22.7 Å². The molecule has 0 amide bonds. The number of thiophene rings is 2. The monoisotopic (exact) mass is 239 g/mol. The molecule has 1 nitrogen and oxygen atoms in total. The molecule has 82 valence electrons. The summed E-state index contributed by atoms with van der Waals surface area (Å²) in [4.78, 5) is 1.48. The molecule has 0 fully saturated rings. The van der Waals surface area contributed by atoms with Gasteiger partial charge in [0, 0.05) is 20.3 Å². The third-order valence-corrected chi connectivity index (χ3v) is 4.76. The Morgan fingerprint density at radius 2 is 2.13 bits per heavy atom. The zero-order valence-electron chi connectivity index (χ0n) is 9.41. The van der Waals surface area contributed by atoms with Crippen LogP contribution in [0.15, 0.2) is 17.5 Å². The van der Waals surface area contributed by atoms with Gasteiger partial charge in [-0.05, 0) is 36.9 Å². The van der Waals surface area contributed by atoms with E-state index >= 15 is 0 Å². The Bertz CT molecular complexity index is 399. The molecule has 2 aromatic heterocycles. The van der Waals surface area contributed by atoms with E-state index in [1.54, 1.807) is 0 Å². The standard InChI is InChI=1S/C12H17NS2/c1-8(2)6-9(13-3)11-7-12-10(15-11)4-5-14-12/h4-5,7-9,13H,6H2,1-3H3. The minimum atomic E-state index is 0.523. The van der Waals surface area contributed by atoms with Crippen molar-refractivity contribution in [3.63, 3.8) is 0 Å². The summed E-state index contributed by atoms with van der Waals surface area (Å²) in [7, 11) is 2.06. The summed E-state index contributed by atoms with van der Waals surface area (Å²) in [6.07, 6.45) is 1.21. The first kappa shape index (κ1) is 11.1. The maximum absolute atomic E-state index is 3.42. The van der Waals surface area contributed by atoms with Gasteiger partial charge >= 0.3 is 0 Å². The predicted octanol–water partition coefficient (Wildman–Crippen LogP) is 4.27. The van der Waals surface area contributed by atoms with E-state index in [-0.39, 0.29) is 0 Å². The average Bonchev–Trinajstić information content (AvgIpc) is 2.72. The number of rotatable bonds is 4. The molecular weight excluding hydrogens is 222 g/mol. The highest BCUT2D eigenvalue weighted by Crippen LogP contribution is 2.35. The van der Waals surface area contributed by atoms with Gasteiger partial charge in [-0.15, -0.1) is 22.7 Å². The Hall–Kier alpha value is -0.380. The Labute approximate surface area is 99.1 Å². The fourth-order valence-electron chi connectivity index (χ4n) is 1.80. The van der Waals surface area contributed by atoms with Gasteiger partial charge in [0.25, 0.3) is 0 Å². The molecule has 0 saturated heterocycles. The number of fused-ring (bicyclic) bond motifs is 1. The van der Waals surface area contributed by atoms with Crippen molar-refractivity contribution in [3.8, 4) is 0 Å². The van der Waals surface area contributed by atoms with Gasteiger partial charge in [-0.3, -0.25) is 0 Å². The quantitative estimate of drug-likeness (QED) is 0.840. The second-order valence-electron chi connectivity index (χ2n) is 4.27. The van der Waals surface area contributed by atoms with Crippen LogP contribution in [0.3, 0.4) is 0 Å². The van der Waals surface area contributed by atoms with E-state index in [4.69, 9.17) is 0 Å². The third kappa shape index (κ3) is 2.41. The Kier molecular flexibility index (Phi) is 3.44. The van der Waals surface area contributed by atoms with Gasteiger partial charge in [-0.1, -0.05) is 13.8 Å².